The molecule has 0 bridgehead atoms. The Morgan fingerprint density at radius 3 is 2.44 bits per heavy atom. The van der Waals surface area contributed by atoms with E-state index >= 15 is 0 Å². The van der Waals surface area contributed by atoms with E-state index in [-0.39, 0.29) is 22.1 Å². The van der Waals surface area contributed by atoms with Crippen LogP contribution in [0, 0.1) is 10.1 Å². The summed E-state index contributed by atoms with van der Waals surface area (Å²) in [6.07, 6.45) is 0.308. The lowest BCUT2D eigenvalue weighted by Gasteiger charge is -2.09. The van der Waals surface area contributed by atoms with Crippen molar-refractivity contribution < 1.29 is 19.2 Å². The van der Waals surface area contributed by atoms with Crippen LogP contribution in [0.4, 0.5) is 5.69 Å². The number of nitrogens with zero attached hydrogens (tertiary/aromatic N) is 1. The molecule has 7 heteroatoms. The van der Waals surface area contributed by atoms with Crippen LogP contribution >= 0.6 is 11.6 Å². The molecule has 0 aliphatic carbocycles. The molecule has 1 rings (SSSR count). The van der Waals surface area contributed by atoms with Gasteiger partial charge in [0, 0.05) is 6.07 Å². The summed E-state index contributed by atoms with van der Waals surface area (Å²) in [6.45, 7) is 0. The fourth-order valence-electron chi connectivity index (χ4n) is 1.25. The standard InChI is InChI=1S/C9H8ClNO5/c1-15-7-3-6(10)5(4-12)8(11(13)14)9(7)16-2/h3-4H,1-2H3. The fourth-order valence-corrected chi connectivity index (χ4v) is 1.49. The van der Waals surface area contributed by atoms with Crippen LogP contribution in [0.25, 0.3) is 0 Å². The van der Waals surface area contributed by atoms with Crippen LogP contribution in [0.2, 0.25) is 5.02 Å². The molecule has 16 heavy (non-hydrogen) atoms. The molecule has 0 saturated heterocycles. The third-order valence-electron chi connectivity index (χ3n) is 1.93. The molecule has 0 unspecified atom stereocenters. The molecule has 0 spiro atoms. The Morgan fingerprint density at radius 2 is 2.06 bits per heavy atom. The van der Waals surface area contributed by atoms with Gasteiger partial charge in [-0.05, 0) is 0 Å². The topological polar surface area (TPSA) is 78.7 Å². The number of carbonyl (C=O) groups excluding carboxylic acids is 1. The molecule has 0 amide bonds. The van der Waals surface area contributed by atoms with E-state index in [1.807, 2.05) is 0 Å². The van der Waals surface area contributed by atoms with E-state index in [0.717, 1.165) is 0 Å². The van der Waals surface area contributed by atoms with Gasteiger partial charge in [-0.15, -0.1) is 0 Å². The Bertz CT molecular complexity index is 446. The Labute approximate surface area is 95.9 Å². The largest absolute Gasteiger partial charge is 0.493 e. The predicted octanol–water partition coefficient (Wildman–Crippen LogP) is 2.08. The van der Waals surface area contributed by atoms with Gasteiger partial charge in [0.05, 0.1) is 24.2 Å². The zero-order chi connectivity index (χ0) is 12.3. The van der Waals surface area contributed by atoms with Crippen molar-refractivity contribution in [3.63, 3.8) is 0 Å². The first-order valence-corrected chi connectivity index (χ1v) is 4.48. The van der Waals surface area contributed by atoms with Crippen LogP contribution < -0.4 is 9.47 Å². The van der Waals surface area contributed by atoms with Gasteiger partial charge in [-0.3, -0.25) is 14.9 Å². The summed E-state index contributed by atoms with van der Waals surface area (Å²) in [5.41, 5.74) is -0.730. The van der Waals surface area contributed by atoms with E-state index < -0.39 is 10.6 Å². The molecule has 0 aromatic heterocycles. The predicted molar refractivity (Wildman–Crippen MR) is 56.6 cm³/mol. The first-order valence-electron chi connectivity index (χ1n) is 4.10. The van der Waals surface area contributed by atoms with Crippen LogP contribution in [0.15, 0.2) is 6.07 Å². The van der Waals surface area contributed by atoms with Gasteiger partial charge in [0.15, 0.2) is 12.0 Å². The lowest BCUT2D eigenvalue weighted by Crippen LogP contribution is -2.01. The van der Waals surface area contributed by atoms with Crippen molar-refractivity contribution in [2.24, 2.45) is 0 Å². The summed E-state index contributed by atoms with van der Waals surface area (Å²) in [5.74, 6) is -0.0243. The number of ether oxygens (including phenoxy) is 2. The van der Waals surface area contributed by atoms with Gasteiger partial charge >= 0.3 is 5.69 Å². The van der Waals surface area contributed by atoms with E-state index in [2.05, 4.69) is 0 Å². The van der Waals surface area contributed by atoms with Crippen molar-refractivity contribution in [2.45, 2.75) is 0 Å². The smallest absolute Gasteiger partial charge is 0.326 e. The Balaban J connectivity index is 3.66. The quantitative estimate of drug-likeness (QED) is 0.461. The highest BCUT2D eigenvalue weighted by molar-refractivity contribution is 6.33. The molecule has 0 heterocycles. The monoisotopic (exact) mass is 245 g/mol. The molecule has 1 aromatic carbocycles. The first kappa shape index (κ1) is 12.3. The lowest BCUT2D eigenvalue weighted by molar-refractivity contribution is -0.386. The summed E-state index contributed by atoms with van der Waals surface area (Å²) < 4.78 is 9.72. The second-order valence-corrected chi connectivity index (χ2v) is 3.14. The van der Waals surface area contributed by atoms with Gasteiger partial charge < -0.3 is 9.47 Å². The molecule has 1 aromatic rings. The van der Waals surface area contributed by atoms with Crippen LogP contribution in [-0.2, 0) is 0 Å². The van der Waals surface area contributed by atoms with Crippen molar-refractivity contribution in [1.82, 2.24) is 0 Å². The summed E-state index contributed by atoms with van der Waals surface area (Å²) >= 11 is 5.72. The van der Waals surface area contributed by atoms with E-state index in [1.165, 1.54) is 20.3 Å². The minimum absolute atomic E-state index is 0.0562. The van der Waals surface area contributed by atoms with Crippen LogP contribution in [0.5, 0.6) is 11.5 Å². The number of methoxy groups -OCH3 is 2. The molecular weight excluding hydrogens is 238 g/mol. The molecule has 0 atom stereocenters. The summed E-state index contributed by atoms with van der Waals surface area (Å²) in [7, 11) is 2.56. The summed E-state index contributed by atoms with van der Waals surface area (Å²) in [4.78, 5) is 20.8. The second kappa shape index (κ2) is 4.80. The number of carbonyl (C=O) groups is 1. The number of rotatable bonds is 4. The number of nitro benzene ring substituents is 1. The SMILES string of the molecule is COc1cc(Cl)c(C=O)c([N+](=O)[O-])c1OC. The minimum atomic E-state index is -0.739. The van der Waals surface area contributed by atoms with Crippen LogP contribution in [0.1, 0.15) is 10.4 Å². The molecule has 0 radical (unpaired) electrons. The fraction of sp³-hybridized carbons (Fsp3) is 0.222. The van der Waals surface area contributed by atoms with Crippen LogP contribution in [-0.4, -0.2) is 25.4 Å². The van der Waals surface area contributed by atoms with Gasteiger partial charge in [-0.2, -0.15) is 0 Å². The molecule has 86 valence electrons. The van der Waals surface area contributed by atoms with Gasteiger partial charge in [-0.1, -0.05) is 11.6 Å². The number of halogens is 1. The number of hydrogen-bond acceptors (Lipinski definition) is 5. The van der Waals surface area contributed by atoms with E-state index in [9.17, 15) is 14.9 Å². The second-order valence-electron chi connectivity index (χ2n) is 2.73. The third kappa shape index (κ3) is 1.92. The zero-order valence-corrected chi connectivity index (χ0v) is 9.28. The van der Waals surface area contributed by atoms with Crippen molar-refractivity contribution in [3.05, 3.63) is 26.8 Å². The highest BCUT2D eigenvalue weighted by atomic mass is 35.5. The highest BCUT2D eigenvalue weighted by Crippen LogP contribution is 2.42. The first-order chi connectivity index (χ1) is 7.56. The third-order valence-corrected chi connectivity index (χ3v) is 2.25. The average molecular weight is 246 g/mol. The van der Waals surface area contributed by atoms with Gasteiger partial charge in [0.1, 0.15) is 5.56 Å². The van der Waals surface area contributed by atoms with Crippen molar-refractivity contribution in [1.29, 1.82) is 0 Å². The molecule has 0 fully saturated rings. The average Bonchev–Trinajstić information content (AvgIpc) is 2.27. The Kier molecular flexibility index (Phi) is 3.68. The molecule has 6 nitrogen and oxygen atoms in total. The number of nitro groups is 1. The van der Waals surface area contributed by atoms with Crippen LogP contribution in [0.3, 0.4) is 0 Å². The molecule has 0 aliphatic rings. The van der Waals surface area contributed by atoms with Gasteiger partial charge in [-0.25, -0.2) is 0 Å². The van der Waals surface area contributed by atoms with Crippen molar-refractivity contribution in [3.8, 4) is 11.5 Å². The van der Waals surface area contributed by atoms with Crippen molar-refractivity contribution in [2.75, 3.05) is 14.2 Å². The summed E-state index contributed by atoms with van der Waals surface area (Å²) in [5, 5.41) is 10.8. The lowest BCUT2D eigenvalue weighted by atomic mass is 10.1. The van der Waals surface area contributed by atoms with Gasteiger partial charge in [0.2, 0.25) is 5.75 Å². The highest BCUT2D eigenvalue weighted by Gasteiger charge is 2.27. The molecule has 0 saturated carbocycles. The van der Waals surface area contributed by atoms with Gasteiger partial charge in [0.25, 0.3) is 0 Å². The normalized spacial score (nSPS) is 9.69. The minimum Gasteiger partial charge on any atom is -0.493 e. The maximum absolute atomic E-state index is 10.8. The molecule has 0 N–H and O–H groups in total. The van der Waals surface area contributed by atoms with Crippen molar-refractivity contribution >= 4 is 23.6 Å². The van der Waals surface area contributed by atoms with E-state index in [1.54, 1.807) is 0 Å². The van der Waals surface area contributed by atoms with E-state index in [4.69, 9.17) is 21.1 Å². The Hall–Kier alpha value is -1.82. The van der Waals surface area contributed by atoms with E-state index in [0.29, 0.717) is 6.29 Å². The maximum Gasteiger partial charge on any atom is 0.326 e. The zero-order valence-electron chi connectivity index (χ0n) is 8.52. The number of hydrogen-bond donors (Lipinski definition) is 0. The Morgan fingerprint density at radius 1 is 1.44 bits per heavy atom. The maximum atomic E-state index is 10.8. The molecule has 0 aliphatic heterocycles. The molecular formula is C9H8ClNO5. The number of benzene rings is 1. The number of aldehydes is 1. The summed E-state index contributed by atoms with van der Waals surface area (Å²) in [6, 6.07) is 1.29.